The third-order valence-electron chi connectivity index (χ3n) is 3.93. The summed E-state index contributed by atoms with van der Waals surface area (Å²) in [5.74, 6) is 0. The first-order valence-corrected chi connectivity index (χ1v) is 7.28. The minimum absolute atomic E-state index is 0.419. The molecule has 98 valence electrons. The van der Waals surface area contributed by atoms with E-state index in [-0.39, 0.29) is 0 Å². The fourth-order valence-corrected chi connectivity index (χ4v) is 3.36. The molecule has 0 aliphatic carbocycles. The van der Waals surface area contributed by atoms with Gasteiger partial charge in [-0.25, -0.2) is 0 Å². The topological polar surface area (TPSA) is 3.24 Å². The Morgan fingerprint density at radius 2 is 1.89 bits per heavy atom. The van der Waals surface area contributed by atoms with Crippen LogP contribution in [0.1, 0.15) is 30.5 Å². The third-order valence-corrected chi connectivity index (χ3v) is 4.23. The summed E-state index contributed by atoms with van der Waals surface area (Å²) in [6.07, 6.45) is 2.19. The summed E-state index contributed by atoms with van der Waals surface area (Å²) in [4.78, 5) is 2.47. The summed E-state index contributed by atoms with van der Waals surface area (Å²) in [7, 11) is 0. The molecule has 2 aromatic rings. The van der Waals surface area contributed by atoms with Gasteiger partial charge < -0.3 is 4.90 Å². The lowest BCUT2D eigenvalue weighted by Crippen LogP contribution is -2.26. The monoisotopic (exact) mass is 271 g/mol. The average Bonchev–Trinajstić information content (AvgIpc) is 2.86. The van der Waals surface area contributed by atoms with Gasteiger partial charge in [-0.2, -0.15) is 0 Å². The van der Waals surface area contributed by atoms with E-state index in [4.69, 9.17) is 11.6 Å². The van der Waals surface area contributed by atoms with E-state index in [1.165, 1.54) is 16.8 Å². The first-order chi connectivity index (χ1) is 9.31. The highest BCUT2D eigenvalue weighted by molar-refractivity contribution is 6.33. The first-order valence-electron chi connectivity index (χ1n) is 6.90. The maximum atomic E-state index is 6.41. The van der Waals surface area contributed by atoms with E-state index in [1.807, 2.05) is 12.1 Å². The molecule has 2 heteroatoms. The molecule has 1 unspecified atom stereocenters. The molecule has 19 heavy (non-hydrogen) atoms. The molecule has 0 bridgehead atoms. The van der Waals surface area contributed by atoms with E-state index in [9.17, 15) is 0 Å². The average molecular weight is 272 g/mol. The van der Waals surface area contributed by atoms with Crippen LogP contribution >= 0.6 is 11.6 Å². The highest BCUT2D eigenvalue weighted by Gasteiger charge is 2.27. The highest BCUT2D eigenvalue weighted by Crippen LogP contribution is 2.41. The van der Waals surface area contributed by atoms with Gasteiger partial charge in [0.25, 0.3) is 0 Å². The first kappa shape index (κ1) is 12.6. The molecule has 1 heterocycles. The number of benzene rings is 2. The van der Waals surface area contributed by atoms with Gasteiger partial charge in [0.1, 0.15) is 0 Å². The number of para-hydroxylation sites is 1. The fourth-order valence-electron chi connectivity index (χ4n) is 3.06. The van der Waals surface area contributed by atoms with Crippen molar-refractivity contribution in [2.24, 2.45) is 0 Å². The molecule has 1 aliphatic heterocycles. The second-order valence-corrected chi connectivity index (χ2v) is 5.43. The van der Waals surface area contributed by atoms with Crippen molar-refractivity contribution in [3.05, 3.63) is 64.7 Å². The van der Waals surface area contributed by atoms with Crippen LogP contribution in [0.2, 0.25) is 5.02 Å². The normalized spacial score (nSPS) is 15.4. The maximum Gasteiger partial charge on any atom is 0.0642 e. The SMILES string of the molecule is CCC(c1ccccc1)N1CCc2cccc(Cl)c21. The van der Waals surface area contributed by atoms with Crippen LogP contribution in [0, 0.1) is 0 Å². The van der Waals surface area contributed by atoms with Gasteiger partial charge in [-0.3, -0.25) is 0 Å². The van der Waals surface area contributed by atoms with Gasteiger partial charge in [-0.15, -0.1) is 0 Å². The minimum atomic E-state index is 0.419. The summed E-state index contributed by atoms with van der Waals surface area (Å²) in [5.41, 5.74) is 3.99. The number of anilines is 1. The number of fused-ring (bicyclic) bond motifs is 1. The van der Waals surface area contributed by atoms with Crippen molar-refractivity contribution in [1.82, 2.24) is 0 Å². The molecule has 0 N–H and O–H groups in total. The second kappa shape index (κ2) is 5.26. The molecular formula is C17H18ClN. The van der Waals surface area contributed by atoms with Crippen LogP contribution in [0.4, 0.5) is 5.69 Å². The summed E-state index contributed by atoms with van der Waals surface area (Å²) in [6, 6.07) is 17.4. The Kier molecular flexibility index (Phi) is 3.48. The van der Waals surface area contributed by atoms with Gasteiger partial charge >= 0.3 is 0 Å². The van der Waals surface area contributed by atoms with Gasteiger partial charge in [0.05, 0.1) is 16.8 Å². The largest absolute Gasteiger partial charge is 0.363 e. The molecule has 0 radical (unpaired) electrons. The van der Waals surface area contributed by atoms with Crippen molar-refractivity contribution in [1.29, 1.82) is 0 Å². The van der Waals surface area contributed by atoms with E-state index in [0.717, 1.165) is 24.4 Å². The van der Waals surface area contributed by atoms with Crippen LogP contribution in [-0.2, 0) is 6.42 Å². The number of hydrogen-bond donors (Lipinski definition) is 0. The van der Waals surface area contributed by atoms with Crippen LogP contribution in [0.25, 0.3) is 0 Å². The lowest BCUT2D eigenvalue weighted by atomic mass is 10.0. The van der Waals surface area contributed by atoms with Gasteiger partial charge in [0, 0.05) is 6.54 Å². The van der Waals surface area contributed by atoms with E-state index in [0.29, 0.717) is 6.04 Å². The summed E-state index contributed by atoms with van der Waals surface area (Å²) in [5, 5.41) is 0.879. The van der Waals surface area contributed by atoms with Crippen LogP contribution in [-0.4, -0.2) is 6.54 Å². The third kappa shape index (κ3) is 2.23. The molecular weight excluding hydrogens is 254 g/mol. The molecule has 0 aromatic heterocycles. The molecule has 0 amide bonds. The molecule has 1 atom stereocenters. The number of nitrogens with zero attached hydrogens (tertiary/aromatic N) is 1. The number of hydrogen-bond acceptors (Lipinski definition) is 1. The molecule has 0 saturated heterocycles. The Labute approximate surface area is 119 Å². The van der Waals surface area contributed by atoms with Gasteiger partial charge in [0.2, 0.25) is 0 Å². The van der Waals surface area contributed by atoms with Crippen molar-refractivity contribution in [3.63, 3.8) is 0 Å². The Balaban J connectivity index is 2.00. The molecule has 0 fully saturated rings. The van der Waals surface area contributed by atoms with Crippen molar-refractivity contribution >= 4 is 17.3 Å². The molecule has 1 aliphatic rings. The highest BCUT2D eigenvalue weighted by atomic mass is 35.5. The molecule has 1 nitrogen and oxygen atoms in total. The Morgan fingerprint density at radius 3 is 2.63 bits per heavy atom. The quantitative estimate of drug-likeness (QED) is 0.771. The number of rotatable bonds is 3. The molecule has 2 aromatic carbocycles. The van der Waals surface area contributed by atoms with Crippen LogP contribution in [0.3, 0.4) is 0 Å². The van der Waals surface area contributed by atoms with Crippen LogP contribution < -0.4 is 4.90 Å². The predicted molar refractivity (Wildman–Crippen MR) is 82.0 cm³/mol. The number of halogens is 1. The minimum Gasteiger partial charge on any atom is -0.363 e. The summed E-state index contributed by atoms with van der Waals surface area (Å²) < 4.78 is 0. The van der Waals surface area contributed by atoms with Gasteiger partial charge in [0.15, 0.2) is 0 Å². The molecule has 0 saturated carbocycles. The molecule has 3 rings (SSSR count). The van der Waals surface area contributed by atoms with Crippen molar-refractivity contribution in [3.8, 4) is 0 Å². The Bertz CT molecular complexity index is 565. The zero-order valence-electron chi connectivity index (χ0n) is 11.1. The lowest BCUT2D eigenvalue weighted by molar-refractivity contribution is 0.621. The Hall–Kier alpha value is -1.47. The zero-order chi connectivity index (χ0) is 13.2. The lowest BCUT2D eigenvalue weighted by Gasteiger charge is -2.30. The molecule has 0 spiro atoms. The van der Waals surface area contributed by atoms with Gasteiger partial charge in [-0.05, 0) is 30.0 Å². The van der Waals surface area contributed by atoms with Crippen LogP contribution in [0.15, 0.2) is 48.5 Å². The van der Waals surface area contributed by atoms with E-state index in [1.54, 1.807) is 0 Å². The predicted octanol–water partition coefficient (Wildman–Crippen LogP) is 4.85. The fraction of sp³-hybridized carbons (Fsp3) is 0.294. The van der Waals surface area contributed by atoms with Crippen molar-refractivity contribution < 1.29 is 0 Å². The van der Waals surface area contributed by atoms with Crippen molar-refractivity contribution in [2.45, 2.75) is 25.8 Å². The summed E-state index contributed by atoms with van der Waals surface area (Å²) in [6.45, 7) is 3.30. The standard InChI is InChI=1S/C17H18ClN/c1-2-16(13-7-4-3-5-8-13)19-12-11-14-9-6-10-15(18)17(14)19/h3-10,16H,2,11-12H2,1H3. The zero-order valence-corrected chi connectivity index (χ0v) is 11.9. The van der Waals surface area contributed by atoms with Gasteiger partial charge in [-0.1, -0.05) is 61.0 Å². The second-order valence-electron chi connectivity index (χ2n) is 5.03. The maximum absolute atomic E-state index is 6.41. The Morgan fingerprint density at radius 1 is 1.11 bits per heavy atom. The van der Waals surface area contributed by atoms with E-state index < -0.39 is 0 Å². The van der Waals surface area contributed by atoms with Crippen molar-refractivity contribution in [2.75, 3.05) is 11.4 Å². The smallest absolute Gasteiger partial charge is 0.0642 e. The summed E-state index contributed by atoms with van der Waals surface area (Å²) >= 11 is 6.41. The van der Waals surface area contributed by atoms with E-state index >= 15 is 0 Å². The van der Waals surface area contributed by atoms with Crippen LogP contribution in [0.5, 0.6) is 0 Å². The van der Waals surface area contributed by atoms with E-state index in [2.05, 4.69) is 48.2 Å².